The minimum absolute atomic E-state index is 0. The zero-order valence-electron chi connectivity index (χ0n) is 16.0. The van der Waals surface area contributed by atoms with Crippen LogP contribution < -0.4 is 10.6 Å². The maximum atomic E-state index is 5.73. The molecule has 1 aliphatic rings. The Balaban J connectivity index is 0.00000338. The van der Waals surface area contributed by atoms with Gasteiger partial charge in [0.15, 0.2) is 5.96 Å². The van der Waals surface area contributed by atoms with Gasteiger partial charge in [-0.25, -0.2) is 0 Å². The van der Waals surface area contributed by atoms with Gasteiger partial charge in [-0.05, 0) is 31.7 Å². The quantitative estimate of drug-likeness (QED) is 0.220. The third-order valence-electron chi connectivity index (χ3n) is 4.10. The number of halogens is 1. The van der Waals surface area contributed by atoms with Crippen molar-refractivity contribution in [3.8, 4) is 0 Å². The van der Waals surface area contributed by atoms with E-state index < -0.39 is 0 Å². The summed E-state index contributed by atoms with van der Waals surface area (Å²) in [6, 6.07) is 1.95. The number of ether oxygens (including phenoxy) is 2. The van der Waals surface area contributed by atoms with Crippen LogP contribution in [0.25, 0.3) is 0 Å². The Morgan fingerprint density at radius 3 is 3.04 bits per heavy atom. The van der Waals surface area contributed by atoms with Crippen LogP contribution in [0.5, 0.6) is 0 Å². The second-order valence-corrected chi connectivity index (χ2v) is 6.64. The lowest BCUT2D eigenvalue weighted by Crippen LogP contribution is -2.38. The Hall–Kier alpha value is -0.870. The van der Waals surface area contributed by atoms with E-state index in [0.717, 1.165) is 71.4 Å². The minimum atomic E-state index is 0. The highest BCUT2D eigenvalue weighted by Crippen LogP contribution is 2.12. The summed E-state index contributed by atoms with van der Waals surface area (Å²) in [6.07, 6.45) is 5.90. The lowest BCUT2D eigenvalue weighted by Gasteiger charge is -2.14. The van der Waals surface area contributed by atoms with Crippen LogP contribution in [0.15, 0.2) is 23.5 Å². The first-order chi connectivity index (χ1) is 12.3. The third kappa shape index (κ3) is 9.72. The number of aliphatic imine (C=N–C) groups is 1. The third-order valence-corrected chi connectivity index (χ3v) is 4.10. The van der Waals surface area contributed by atoms with Gasteiger partial charge in [0.25, 0.3) is 0 Å². The molecule has 1 fully saturated rings. The fourth-order valence-corrected chi connectivity index (χ4v) is 2.72. The number of guanidine groups is 1. The molecular weight excluding hydrogens is 445 g/mol. The Labute approximate surface area is 174 Å². The summed E-state index contributed by atoms with van der Waals surface area (Å²) < 4.78 is 13.0. The summed E-state index contributed by atoms with van der Waals surface area (Å²) in [5, 5.41) is 10.9. The van der Waals surface area contributed by atoms with Crippen molar-refractivity contribution in [3.05, 3.63) is 18.5 Å². The van der Waals surface area contributed by atoms with Crippen LogP contribution in [0.1, 0.15) is 26.7 Å². The molecule has 0 spiro atoms. The lowest BCUT2D eigenvalue weighted by atomic mass is 10.1. The molecular formula is C18H34IN5O2. The normalized spacial score (nSPS) is 18.4. The highest BCUT2D eigenvalue weighted by Gasteiger charge is 2.15. The van der Waals surface area contributed by atoms with Crippen LogP contribution in [0.2, 0.25) is 0 Å². The zero-order chi connectivity index (χ0) is 17.7. The van der Waals surface area contributed by atoms with Crippen molar-refractivity contribution in [2.45, 2.75) is 33.2 Å². The number of nitrogens with one attached hydrogen (secondary N) is 2. The first kappa shape index (κ1) is 23.2. The number of rotatable bonds is 11. The van der Waals surface area contributed by atoms with Crippen molar-refractivity contribution in [2.75, 3.05) is 46.1 Å². The average Bonchev–Trinajstić information content (AvgIpc) is 3.29. The molecule has 8 heteroatoms. The molecule has 1 aromatic heterocycles. The molecule has 0 aliphatic carbocycles. The molecule has 2 unspecified atom stereocenters. The molecule has 0 saturated carbocycles. The molecule has 1 aromatic rings. The first-order valence-electron chi connectivity index (χ1n) is 9.43. The van der Waals surface area contributed by atoms with E-state index in [9.17, 15) is 0 Å². The van der Waals surface area contributed by atoms with Crippen LogP contribution in [-0.2, 0) is 16.0 Å². The van der Waals surface area contributed by atoms with Crippen LogP contribution in [-0.4, -0.2) is 61.8 Å². The highest BCUT2D eigenvalue weighted by atomic mass is 127. The van der Waals surface area contributed by atoms with E-state index in [1.54, 1.807) is 0 Å². The van der Waals surface area contributed by atoms with Gasteiger partial charge in [0.05, 0.1) is 13.2 Å². The van der Waals surface area contributed by atoms with Gasteiger partial charge in [-0.1, -0.05) is 6.92 Å². The van der Waals surface area contributed by atoms with Gasteiger partial charge in [0, 0.05) is 57.7 Å². The van der Waals surface area contributed by atoms with Crippen molar-refractivity contribution in [1.29, 1.82) is 0 Å². The fraction of sp³-hybridized carbons (Fsp3) is 0.778. The summed E-state index contributed by atoms with van der Waals surface area (Å²) >= 11 is 0. The van der Waals surface area contributed by atoms with Crippen LogP contribution in [0, 0.1) is 11.8 Å². The maximum absolute atomic E-state index is 5.73. The second-order valence-electron chi connectivity index (χ2n) is 6.64. The van der Waals surface area contributed by atoms with E-state index >= 15 is 0 Å². The highest BCUT2D eigenvalue weighted by molar-refractivity contribution is 14.0. The van der Waals surface area contributed by atoms with E-state index in [1.807, 2.05) is 23.1 Å². The largest absolute Gasteiger partial charge is 0.381 e. The molecule has 0 aromatic carbocycles. The predicted octanol–water partition coefficient (Wildman–Crippen LogP) is 2.14. The Morgan fingerprint density at radius 2 is 2.35 bits per heavy atom. The van der Waals surface area contributed by atoms with Crippen molar-refractivity contribution in [3.63, 3.8) is 0 Å². The monoisotopic (exact) mass is 479 g/mol. The van der Waals surface area contributed by atoms with E-state index in [2.05, 4.69) is 34.6 Å². The smallest absolute Gasteiger partial charge is 0.191 e. The van der Waals surface area contributed by atoms with Gasteiger partial charge in [-0.3, -0.25) is 9.67 Å². The molecule has 150 valence electrons. The standard InChI is InChI=1S/C18H33N5O2.HI/c1-3-19-18(21-12-16(2)13-23-9-4-8-22-23)20-7-5-10-24-14-17-6-11-25-15-17;/h4,8-9,16-17H,3,5-7,10-15H2,1-2H3,(H2,19,20,21);1H. The molecule has 2 N–H and O–H groups in total. The van der Waals surface area contributed by atoms with Gasteiger partial charge in [0.1, 0.15) is 0 Å². The van der Waals surface area contributed by atoms with Crippen molar-refractivity contribution >= 4 is 29.9 Å². The zero-order valence-corrected chi connectivity index (χ0v) is 18.4. The topological polar surface area (TPSA) is 72.7 Å². The molecule has 2 atom stereocenters. The summed E-state index contributed by atoms with van der Waals surface area (Å²) in [7, 11) is 0. The first-order valence-corrected chi connectivity index (χ1v) is 9.43. The summed E-state index contributed by atoms with van der Waals surface area (Å²) in [6.45, 7) is 11.0. The molecule has 0 amide bonds. The molecule has 0 bridgehead atoms. The summed E-state index contributed by atoms with van der Waals surface area (Å²) in [4.78, 5) is 4.67. The van der Waals surface area contributed by atoms with E-state index in [-0.39, 0.29) is 24.0 Å². The number of hydrogen-bond donors (Lipinski definition) is 2. The molecule has 1 saturated heterocycles. The number of hydrogen-bond acceptors (Lipinski definition) is 4. The molecule has 7 nitrogen and oxygen atoms in total. The van der Waals surface area contributed by atoms with E-state index in [0.29, 0.717) is 11.8 Å². The molecule has 2 heterocycles. The van der Waals surface area contributed by atoms with Crippen molar-refractivity contribution < 1.29 is 9.47 Å². The van der Waals surface area contributed by atoms with Crippen molar-refractivity contribution in [1.82, 2.24) is 20.4 Å². The van der Waals surface area contributed by atoms with Crippen LogP contribution >= 0.6 is 24.0 Å². The Morgan fingerprint density at radius 1 is 1.46 bits per heavy atom. The molecule has 0 radical (unpaired) electrons. The molecule has 1 aliphatic heterocycles. The van der Waals surface area contributed by atoms with Gasteiger partial charge in [-0.15, -0.1) is 24.0 Å². The van der Waals surface area contributed by atoms with Gasteiger partial charge in [-0.2, -0.15) is 5.10 Å². The average molecular weight is 479 g/mol. The predicted molar refractivity (Wildman–Crippen MR) is 115 cm³/mol. The minimum Gasteiger partial charge on any atom is -0.381 e. The Kier molecular flexibility index (Phi) is 12.7. The second kappa shape index (κ2) is 14.2. The van der Waals surface area contributed by atoms with Crippen molar-refractivity contribution in [2.24, 2.45) is 16.8 Å². The van der Waals surface area contributed by atoms with Gasteiger partial charge >= 0.3 is 0 Å². The fourth-order valence-electron chi connectivity index (χ4n) is 2.72. The SMILES string of the molecule is CCNC(=NCC(C)Cn1cccn1)NCCCOCC1CCOC1.I. The number of nitrogens with zero attached hydrogens (tertiary/aromatic N) is 3. The van der Waals surface area contributed by atoms with Crippen LogP contribution in [0.4, 0.5) is 0 Å². The molecule has 26 heavy (non-hydrogen) atoms. The van der Waals surface area contributed by atoms with E-state index in [1.165, 1.54) is 0 Å². The summed E-state index contributed by atoms with van der Waals surface area (Å²) in [5.41, 5.74) is 0. The van der Waals surface area contributed by atoms with Gasteiger partial charge in [0.2, 0.25) is 0 Å². The van der Waals surface area contributed by atoms with E-state index in [4.69, 9.17) is 9.47 Å². The molecule has 2 rings (SSSR count). The summed E-state index contributed by atoms with van der Waals surface area (Å²) in [5.74, 6) is 1.90. The van der Waals surface area contributed by atoms with Crippen LogP contribution in [0.3, 0.4) is 0 Å². The number of aromatic nitrogens is 2. The Bertz CT molecular complexity index is 478. The maximum Gasteiger partial charge on any atom is 0.191 e. The van der Waals surface area contributed by atoms with Gasteiger partial charge < -0.3 is 20.1 Å². The lowest BCUT2D eigenvalue weighted by molar-refractivity contribution is 0.0888.